The van der Waals surface area contributed by atoms with Gasteiger partial charge in [-0.15, -0.1) is 0 Å². The van der Waals surface area contributed by atoms with Gasteiger partial charge in [0.05, 0.1) is 12.2 Å². The van der Waals surface area contributed by atoms with Crippen molar-refractivity contribution in [3.63, 3.8) is 0 Å². The Morgan fingerprint density at radius 3 is 2.42 bits per heavy atom. The lowest BCUT2D eigenvalue weighted by atomic mass is 10.0. The van der Waals surface area contributed by atoms with Crippen LogP contribution in [-0.2, 0) is 16.0 Å². The van der Waals surface area contributed by atoms with E-state index in [1.165, 1.54) is 0 Å². The number of rotatable bonds is 7. The second-order valence-corrected chi connectivity index (χ2v) is 6.66. The summed E-state index contributed by atoms with van der Waals surface area (Å²) in [4.78, 5) is 34.2. The van der Waals surface area contributed by atoms with Gasteiger partial charge in [0, 0.05) is 50.2 Å². The number of carbonyl (C=O) groups excluding carboxylic acids is 2. The lowest BCUT2D eigenvalue weighted by molar-refractivity contribution is -0.124. The largest absolute Gasteiger partial charge is 0.353 e. The maximum Gasteiger partial charge on any atom is 0.234 e. The molecule has 2 amide bonds. The summed E-state index contributed by atoms with van der Waals surface area (Å²) >= 11 is 0. The molecule has 0 bridgehead atoms. The van der Waals surface area contributed by atoms with Gasteiger partial charge in [0.15, 0.2) is 0 Å². The Hall–Kier alpha value is -2.02. The summed E-state index contributed by atoms with van der Waals surface area (Å²) in [5, 5.41) is 6.11. The monoisotopic (exact) mass is 331 g/mol. The highest BCUT2D eigenvalue weighted by Crippen LogP contribution is 2.18. The molecule has 3 rings (SSSR count). The van der Waals surface area contributed by atoms with Crippen molar-refractivity contribution in [3.8, 4) is 0 Å². The molecule has 0 atom stereocenters. The molecule has 1 saturated heterocycles. The summed E-state index contributed by atoms with van der Waals surface area (Å²) in [5.41, 5.74) is 0.837. The van der Waals surface area contributed by atoms with Crippen LogP contribution in [-0.4, -0.2) is 58.4 Å². The van der Waals surface area contributed by atoms with E-state index >= 15 is 0 Å². The summed E-state index contributed by atoms with van der Waals surface area (Å²) in [7, 11) is 0. The van der Waals surface area contributed by atoms with E-state index in [4.69, 9.17) is 0 Å². The Morgan fingerprint density at radius 2 is 1.75 bits per heavy atom. The molecular weight excluding hydrogens is 306 g/mol. The molecule has 1 aromatic rings. The molecule has 1 aliphatic carbocycles. The van der Waals surface area contributed by atoms with E-state index in [0.29, 0.717) is 25.4 Å². The van der Waals surface area contributed by atoms with Crippen molar-refractivity contribution in [1.82, 2.24) is 25.5 Å². The predicted molar refractivity (Wildman–Crippen MR) is 89.1 cm³/mol. The van der Waals surface area contributed by atoms with Crippen molar-refractivity contribution in [3.05, 3.63) is 24.3 Å². The van der Waals surface area contributed by atoms with Crippen LogP contribution in [0.3, 0.4) is 0 Å². The van der Waals surface area contributed by atoms with Crippen LogP contribution in [0.4, 0.5) is 0 Å². The third-order valence-electron chi connectivity index (χ3n) is 4.49. The highest BCUT2D eigenvalue weighted by Gasteiger charge is 2.26. The minimum Gasteiger partial charge on any atom is -0.353 e. The molecule has 7 nitrogen and oxygen atoms in total. The van der Waals surface area contributed by atoms with E-state index < -0.39 is 0 Å². The van der Waals surface area contributed by atoms with Gasteiger partial charge in [0.1, 0.15) is 0 Å². The Bertz CT molecular complexity index is 553. The number of piperidine rings is 1. The number of nitrogens with zero attached hydrogens (tertiary/aromatic N) is 3. The second-order valence-electron chi connectivity index (χ2n) is 6.66. The molecule has 2 heterocycles. The third-order valence-corrected chi connectivity index (χ3v) is 4.49. The van der Waals surface area contributed by atoms with Crippen LogP contribution in [0, 0.1) is 0 Å². The molecule has 0 radical (unpaired) electrons. The molecule has 0 spiro atoms. The molecule has 1 saturated carbocycles. The number of aromatic nitrogens is 2. The highest BCUT2D eigenvalue weighted by atomic mass is 16.2. The number of carbonyl (C=O) groups is 2. The molecule has 1 aliphatic heterocycles. The average Bonchev–Trinajstić information content (AvgIpc) is 3.39. The van der Waals surface area contributed by atoms with E-state index in [-0.39, 0.29) is 17.9 Å². The number of aryl methyl sites for hydroxylation is 1. The maximum absolute atomic E-state index is 12.0. The fourth-order valence-corrected chi connectivity index (χ4v) is 2.94. The molecular formula is C17H25N5O2. The number of nitrogens with one attached hydrogen (secondary N) is 2. The van der Waals surface area contributed by atoms with Crippen molar-refractivity contribution in [2.24, 2.45) is 0 Å². The quantitative estimate of drug-likeness (QED) is 0.749. The first-order valence-corrected chi connectivity index (χ1v) is 8.75. The van der Waals surface area contributed by atoms with E-state index in [0.717, 1.165) is 44.5 Å². The first kappa shape index (κ1) is 16.8. The van der Waals surface area contributed by atoms with Gasteiger partial charge in [-0.3, -0.25) is 24.5 Å². The molecule has 1 aromatic heterocycles. The van der Waals surface area contributed by atoms with Crippen LogP contribution in [0.5, 0.6) is 0 Å². The van der Waals surface area contributed by atoms with Gasteiger partial charge in [-0.05, 0) is 32.1 Å². The summed E-state index contributed by atoms with van der Waals surface area (Å²) < 4.78 is 0. The second kappa shape index (κ2) is 8.19. The molecule has 2 aliphatic rings. The Kier molecular flexibility index (Phi) is 5.74. The van der Waals surface area contributed by atoms with Crippen LogP contribution < -0.4 is 10.6 Å². The smallest absolute Gasteiger partial charge is 0.234 e. The number of amides is 2. The topological polar surface area (TPSA) is 87.2 Å². The summed E-state index contributed by atoms with van der Waals surface area (Å²) in [6.07, 6.45) is 10.0. The molecule has 2 N–H and O–H groups in total. The first-order chi connectivity index (χ1) is 11.7. The zero-order valence-corrected chi connectivity index (χ0v) is 13.9. The lowest BCUT2D eigenvalue weighted by Gasteiger charge is -2.31. The SMILES string of the molecule is O=C(CCc1cnccn1)NC1CCN(CC(=O)NC2CC2)CC1. The van der Waals surface area contributed by atoms with Crippen molar-refractivity contribution < 1.29 is 9.59 Å². The average molecular weight is 331 g/mol. The Morgan fingerprint density at radius 1 is 1.04 bits per heavy atom. The van der Waals surface area contributed by atoms with Crippen molar-refractivity contribution >= 4 is 11.8 Å². The number of hydrogen-bond donors (Lipinski definition) is 2. The summed E-state index contributed by atoms with van der Waals surface area (Å²) in [6.45, 7) is 2.18. The third kappa shape index (κ3) is 5.56. The fourth-order valence-electron chi connectivity index (χ4n) is 2.94. The van der Waals surface area contributed by atoms with E-state index in [1.54, 1.807) is 18.6 Å². The number of hydrogen-bond acceptors (Lipinski definition) is 5. The minimum absolute atomic E-state index is 0.0607. The summed E-state index contributed by atoms with van der Waals surface area (Å²) in [5.74, 6) is 0.189. The molecule has 0 aromatic carbocycles. The van der Waals surface area contributed by atoms with E-state index in [2.05, 4.69) is 25.5 Å². The van der Waals surface area contributed by atoms with Gasteiger partial charge < -0.3 is 10.6 Å². The van der Waals surface area contributed by atoms with Crippen molar-refractivity contribution in [2.45, 2.75) is 50.6 Å². The molecule has 2 fully saturated rings. The molecule has 0 unspecified atom stereocenters. The van der Waals surface area contributed by atoms with Crippen LogP contribution in [0.25, 0.3) is 0 Å². The zero-order valence-electron chi connectivity index (χ0n) is 13.9. The van der Waals surface area contributed by atoms with Gasteiger partial charge in [-0.2, -0.15) is 0 Å². The van der Waals surface area contributed by atoms with Gasteiger partial charge in [0.25, 0.3) is 0 Å². The molecule has 7 heteroatoms. The normalized spacial score (nSPS) is 19.0. The van der Waals surface area contributed by atoms with Crippen LogP contribution in [0.1, 0.15) is 37.8 Å². The van der Waals surface area contributed by atoms with Crippen LogP contribution in [0.15, 0.2) is 18.6 Å². The lowest BCUT2D eigenvalue weighted by Crippen LogP contribution is -2.47. The standard InChI is InChI=1S/C17H25N5O2/c23-16(4-3-15-11-18-7-8-19-15)20-14-5-9-22(10-6-14)12-17(24)21-13-1-2-13/h7-8,11,13-14H,1-6,9-10,12H2,(H,20,23)(H,21,24). The molecule has 24 heavy (non-hydrogen) atoms. The summed E-state index contributed by atoms with van der Waals surface area (Å²) in [6, 6.07) is 0.630. The van der Waals surface area contributed by atoms with Gasteiger partial charge in [0.2, 0.25) is 11.8 Å². The van der Waals surface area contributed by atoms with Crippen LogP contribution in [0.2, 0.25) is 0 Å². The number of likely N-dealkylation sites (tertiary alicyclic amines) is 1. The fraction of sp³-hybridized carbons (Fsp3) is 0.647. The van der Waals surface area contributed by atoms with Gasteiger partial charge in [-0.1, -0.05) is 0 Å². The van der Waals surface area contributed by atoms with Crippen molar-refractivity contribution in [1.29, 1.82) is 0 Å². The Labute approximate surface area is 142 Å². The molecule has 130 valence electrons. The van der Waals surface area contributed by atoms with Gasteiger partial charge >= 0.3 is 0 Å². The van der Waals surface area contributed by atoms with E-state index in [1.807, 2.05) is 0 Å². The first-order valence-electron chi connectivity index (χ1n) is 8.75. The zero-order chi connectivity index (χ0) is 16.8. The van der Waals surface area contributed by atoms with E-state index in [9.17, 15) is 9.59 Å². The Balaban J connectivity index is 1.31. The minimum atomic E-state index is 0.0607. The van der Waals surface area contributed by atoms with Crippen LogP contribution >= 0.6 is 0 Å². The van der Waals surface area contributed by atoms with Gasteiger partial charge in [-0.25, -0.2) is 0 Å². The maximum atomic E-state index is 12.0. The highest BCUT2D eigenvalue weighted by molar-refractivity contribution is 5.78. The van der Waals surface area contributed by atoms with Crippen molar-refractivity contribution in [2.75, 3.05) is 19.6 Å². The predicted octanol–water partition coefficient (Wildman–Crippen LogP) is 0.268.